The molecule has 5 aromatic rings. The molecule has 47 heavy (non-hydrogen) atoms. The number of rotatable bonds is 11. The summed E-state index contributed by atoms with van der Waals surface area (Å²) in [4.78, 5) is 53.6. The van der Waals surface area contributed by atoms with E-state index < -0.39 is 29.7 Å². The predicted molar refractivity (Wildman–Crippen MR) is 174 cm³/mol. The number of para-hydroxylation sites is 2. The van der Waals surface area contributed by atoms with E-state index in [0.29, 0.717) is 40.9 Å². The molecule has 1 aliphatic heterocycles. The van der Waals surface area contributed by atoms with Crippen LogP contribution in [0.4, 0.5) is 5.69 Å². The lowest BCUT2D eigenvalue weighted by Crippen LogP contribution is -2.29. The average Bonchev–Trinajstić information content (AvgIpc) is 3.36. The molecule has 0 radical (unpaired) electrons. The Morgan fingerprint density at radius 1 is 0.681 bits per heavy atom. The summed E-state index contributed by atoms with van der Waals surface area (Å²) in [5.74, 6) is -0.156. The number of imide groups is 1. The van der Waals surface area contributed by atoms with Crippen molar-refractivity contribution in [2.75, 3.05) is 12.0 Å². The molecule has 0 aromatic heterocycles. The van der Waals surface area contributed by atoms with Gasteiger partial charge in [0.05, 0.1) is 29.5 Å². The summed E-state index contributed by atoms with van der Waals surface area (Å²) >= 11 is 0. The average molecular weight is 628 g/mol. The Morgan fingerprint density at radius 3 is 2.00 bits per heavy atom. The second kappa shape index (κ2) is 13.4. The lowest BCUT2D eigenvalue weighted by Gasteiger charge is -2.15. The summed E-state index contributed by atoms with van der Waals surface area (Å²) in [6.45, 7) is 1.87. The van der Waals surface area contributed by atoms with Gasteiger partial charge in [0, 0.05) is 5.56 Å². The zero-order valence-corrected chi connectivity index (χ0v) is 25.5. The number of ketones is 1. The first kappa shape index (κ1) is 30.8. The number of benzene rings is 5. The van der Waals surface area contributed by atoms with Gasteiger partial charge in [-0.15, -0.1) is 0 Å². The normalized spacial score (nSPS) is 12.7. The van der Waals surface area contributed by atoms with Crippen molar-refractivity contribution < 1.29 is 38.1 Å². The number of carbonyl (C=O) groups is 4. The topological polar surface area (TPSA) is 108 Å². The van der Waals surface area contributed by atoms with Gasteiger partial charge in [0.15, 0.2) is 17.6 Å². The van der Waals surface area contributed by atoms with Crippen LogP contribution in [0.1, 0.15) is 53.9 Å². The maximum Gasteiger partial charge on any atom is 0.338 e. The molecule has 5 aromatic carbocycles. The van der Waals surface area contributed by atoms with Gasteiger partial charge < -0.3 is 18.9 Å². The molecule has 1 aliphatic rings. The number of carbonyl (C=O) groups excluding carboxylic acids is 4. The first-order valence-electron chi connectivity index (χ1n) is 14.8. The maximum absolute atomic E-state index is 13.4. The molecule has 0 aliphatic carbocycles. The van der Waals surface area contributed by atoms with Gasteiger partial charge in [0.25, 0.3) is 11.8 Å². The molecule has 0 bridgehead atoms. The number of hydrogen-bond donors (Lipinski definition) is 0. The monoisotopic (exact) mass is 627 g/mol. The van der Waals surface area contributed by atoms with E-state index in [9.17, 15) is 19.2 Å². The van der Waals surface area contributed by atoms with Crippen molar-refractivity contribution in [1.29, 1.82) is 0 Å². The molecular formula is C38H29NO8. The standard InChI is InChI=1S/C38H29NO8/c1-24(35(40)26-12-17-29(18-13-26)45-23-25-8-4-3-5-9-25)46-38(43)27-14-21-31-32(22-27)37(42)39(36(31)41)28-15-19-30(20-16-28)47-34-11-7-6-10-33(34)44-2/h3-22,24H,23H2,1-2H3/t24-/m1/s1. The number of fused-ring (bicyclic) bond motifs is 1. The van der Waals surface area contributed by atoms with Gasteiger partial charge in [-0.3, -0.25) is 14.4 Å². The molecule has 9 nitrogen and oxygen atoms in total. The van der Waals surface area contributed by atoms with E-state index in [2.05, 4.69) is 0 Å². The number of anilines is 1. The van der Waals surface area contributed by atoms with Crippen molar-refractivity contribution in [3.63, 3.8) is 0 Å². The highest BCUT2D eigenvalue weighted by atomic mass is 16.5. The number of amides is 2. The highest BCUT2D eigenvalue weighted by Crippen LogP contribution is 2.34. The van der Waals surface area contributed by atoms with E-state index in [-0.39, 0.29) is 16.7 Å². The summed E-state index contributed by atoms with van der Waals surface area (Å²) in [7, 11) is 1.54. The molecule has 0 saturated heterocycles. The van der Waals surface area contributed by atoms with Gasteiger partial charge >= 0.3 is 5.97 Å². The Hall–Kier alpha value is -6.22. The quantitative estimate of drug-likeness (QED) is 0.0853. The molecule has 1 atom stereocenters. The number of nitrogens with zero attached hydrogens (tertiary/aromatic N) is 1. The van der Waals surface area contributed by atoms with Crippen LogP contribution < -0.4 is 19.1 Å². The predicted octanol–water partition coefficient (Wildman–Crippen LogP) is 7.30. The van der Waals surface area contributed by atoms with Crippen molar-refractivity contribution in [2.24, 2.45) is 0 Å². The van der Waals surface area contributed by atoms with Crippen LogP contribution in [0.25, 0.3) is 0 Å². The molecule has 1 heterocycles. The molecule has 2 amide bonds. The van der Waals surface area contributed by atoms with Crippen LogP contribution in [0.5, 0.6) is 23.0 Å². The summed E-state index contributed by atoms with van der Waals surface area (Å²) in [5.41, 5.74) is 1.95. The van der Waals surface area contributed by atoms with Gasteiger partial charge in [0.1, 0.15) is 18.1 Å². The molecular weight excluding hydrogens is 598 g/mol. The van der Waals surface area contributed by atoms with Crippen LogP contribution in [-0.2, 0) is 11.3 Å². The Bertz CT molecular complexity index is 1950. The Balaban J connectivity index is 1.09. The van der Waals surface area contributed by atoms with E-state index in [4.69, 9.17) is 18.9 Å². The van der Waals surface area contributed by atoms with Crippen LogP contribution in [-0.4, -0.2) is 36.8 Å². The van der Waals surface area contributed by atoms with Gasteiger partial charge in [-0.05, 0) is 91.3 Å². The summed E-state index contributed by atoms with van der Waals surface area (Å²) in [6, 6.07) is 34.0. The lowest BCUT2D eigenvalue weighted by atomic mass is 10.1. The fourth-order valence-corrected chi connectivity index (χ4v) is 5.07. The van der Waals surface area contributed by atoms with E-state index in [0.717, 1.165) is 10.5 Å². The maximum atomic E-state index is 13.4. The van der Waals surface area contributed by atoms with Crippen LogP contribution in [0, 0.1) is 0 Å². The summed E-state index contributed by atoms with van der Waals surface area (Å²) in [5, 5.41) is 0. The van der Waals surface area contributed by atoms with Gasteiger partial charge in [-0.2, -0.15) is 0 Å². The Kier molecular flexibility index (Phi) is 8.79. The Morgan fingerprint density at radius 2 is 1.30 bits per heavy atom. The first-order chi connectivity index (χ1) is 22.8. The van der Waals surface area contributed by atoms with Gasteiger partial charge in [-0.25, -0.2) is 9.69 Å². The van der Waals surface area contributed by atoms with Gasteiger partial charge in [-0.1, -0.05) is 42.5 Å². The first-order valence-corrected chi connectivity index (χ1v) is 14.8. The fourth-order valence-electron chi connectivity index (χ4n) is 5.07. The number of esters is 1. The van der Waals surface area contributed by atoms with E-state index in [1.165, 1.54) is 25.1 Å². The van der Waals surface area contributed by atoms with Crippen LogP contribution in [0.2, 0.25) is 0 Å². The van der Waals surface area contributed by atoms with Crippen molar-refractivity contribution in [3.05, 3.63) is 149 Å². The van der Waals surface area contributed by atoms with Crippen molar-refractivity contribution in [2.45, 2.75) is 19.6 Å². The third-order valence-corrected chi connectivity index (χ3v) is 7.55. The minimum atomic E-state index is -1.10. The van der Waals surface area contributed by atoms with Gasteiger partial charge in [0.2, 0.25) is 5.78 Å². The van der Waals surface area contributed by atoms with Crippen molar-refractivity contribution in [1.82, 2.24) is 0 Å². The number of methoxy groups -OCH3 is 1. The molecule has 6 rings (SSSR count). The number of ether oxygens (including phenoxy) is 4. The number of hydrogen-bond acceptors (Lipinski definition) is 8. The third kappa shape index (κ3) is 6.60. The minimum Gasteiger partial charge on any atom is -0.493 e. The van der Waals surface area contributed by atoms with Crippen LogP contribution >= 0.6 is 0 Å². The minimum absolute atomic E-state index is 0.0385. The highest BCUT2D eigenvalue weighted by molar-refractivity contribution is 6.34. The second-order valence-electron chi connectivity index (χ2n) is 10.7. The molecule has 0 unspecified atom stereocenters. The van der Waals surface area contributed by atoms with E-state index >= 15 is 0 Å². The molecule has 234 valence electrons. The largest absolute Gasteiger partial charge is 0.493 e. The smallest absolute Gasteiger partial charge is 0.338 e. The lowest BCUT2D eigenvalue weighted by molar-refractivity contribution is 0.0318. The number of Topliss-reactive ketones (excluding diaryl/α,β-unsaturated/α-hetero) is 1. The summed E-state index contributed by atoms with van der Waals surface area (Å²) in [6.07, 6.45) is -1.10. The van der Waals surface area contributed by atoms with Crippen LogP contribution in [0.15, 0.2) is 121 Å². The van der Waals surface area contributed by atoms with E-state index in [1.54, 1.807) is 67.8 Å². The molecule has 0 fully saturated rings. The highest BCUT2D eigenvalue weighted by Gasteiger charge is 2.37. The molecule has 0 spiro atoms. The molecule has 0 N–H and O–H groups in total. The molecule has 9 heteroatoms. The Labute approximate surface area is 270 Å². The zero-order valence-electron chi connectivity index (χ0n) is 25.5. The van der Waals surface area contributed by atoms with Crippen molar-refractivity contribution in [3.8, 4) is 23.0 Å². The second-order valence-corrected chi connectivity index (χ2v) is 10.7. The fraction of sp³-hybridized carbons (Fsp3) is 0.105. The van der Waals surface area contributed by atoms with E-state index in [1.807, 2.05) is 42.5 Å². The SMILES string of the molecule is COc1ccccc1Oc1ccc(N2C(=O)c3ccc(C(=O)O[C@H](C)C(=O)c4ccc(OCc5ccccc5)cc4)cc3C2=O)cc1. The van der Waals surface area contributed by atoms with Crippen molar-refractivity contribution >= 4 is 29.3 Å². The third-order valence-electron chi connectivity index (χ3n) is 7.55. The molecule has 0 saturated carbocycles. The zero-order chi connectivity index (χ0) is 32.9. The summed E-state index contributed by atoms with van der Waals surface area (Å²) < 4.78 is 22.4. The van der Waals surface area contributed by atoms with Crippen LogP contribution in [0.3, 0.4) is 0 Å².